The van der Waals surface area contributed by atoms with Crippen molar-refractivity contribution in [1.29, 1.82) is 0 Å². The number of phenolic OH excluding ortho intramolecular Hbond substituents is 1. The van der Waals surface area contributed by atoms with Crippen molar-refractivity contribution in [3.8, 4) is 11.5 Å². The van der Waals surface area contributed by atoms with Crippen molar-refractivity contribution >= 4 is 16.6 Å². The van der Waals surface area contributed by atoms with Gasteiger partial charge in [-0.1, -0.05) is 29.4 Å². The van der Waals surface area contributed by atoms with Gasteiger partial charge in [0.05, 0.1) is 17.8 Å². The van der Waals surface area contributed by atoms with E-state index >= 15 is 0 Å². The summed E-state index contributed by atoms with van der Waals surface area (Å²) in [6.45, 7) is 2.39. The van der Waals surface area contributed by atoms with Gasteiger partial charge in [0.2, 0.25) is 0 Å². The lowest BCUT2D eigenvalue weighted by Crippen LogP contribution is -2.07. The summed E-state index contributed by atoms with van der Waals surface area (Å²) in [5.74, 6) is 0.578. The van der Waals surface area contributed by atoms with Crippen molar-refractivity contribution in [3.05, 3.63) is 65.9 Å². The zero-order chi connectivity index (χ0) is 16.9. The van der Waals surface area contributed by atoms with Crippen LogP contribution in [-0.4, -0.2) is 27.6 Å². The van der Waals surface area contributed by atoms with E-state index in [4.69, 9.17) is 4.74 Å². The van der Waals surface area contributed by atoms with Gasteiger partial charge in [0.1, 0.15) is 11.5 Å². The monoisotopic (exact) mass is 322 g/mol. The van der Waals surface area contributed by atoms with Crippen LogP contribution in [0.5, 0.6) is 11.5 Å². The Bertz CT molecular complexity index is 891. The van der Waals surface area contributed by atoms with E-state index in [1.807, 2.05) is 43.3 Å². The van der Waals surface area contributed by atoms with Crippen molar-refractivity contribution in [2.24, 2.45) is 5.16 Å². The number of nitrogens with zero attached hydrogens (tertiary/aromatic N) is 2. The van der Waals surface area contributed by atoms with Gasteiger partial charge in [0, 0.05) is 29.1 Å². The van der Waals surface area contributed by atoms with Crippen LogP contribution < -0.4 is 4.74 Å². The van der Waals surface area contributed by atoms with Gasteiger partial charge in [-0.15, -0.1) is 0 Å². The second kappa shape index (κ2) is 7.00. The van der Waals surface area contributed by atoms with Crippen molar-refractivity contribution < 1.29 is 15.1 Å². The van der Waals surface area contributed by atoms with E-state index < -0.39 is 0 Å². The van der Waals surface area contributed by atoms with Gasteiger partial charge in [0.25, 0.3) is 0 Å². The number of ether oxygens (including phenoxy) is 1. The molecule has 5 heteroatoms. The van der Waals surface area contributed by atoms with Crippen LogP contribution in [0.25, 0.3) is 10.9 Å². The van der Waals surface area contributed by atoms with E-state index in [-0.39, 0.29) is 5.75 Å². The molecule has 24 heavy (non-hydrogen) atoms. The number of rotatable bonds is 5. The summed E-state index contributed by atoms with van der Waals surface area (Å²) in [6.07, 6.45) is 0.308. The quantitative estimate of drug-likeness (QED) is 0.426. The highest BCUT2D eigenvalue weighted by atomic mass is 16.5. The van der Waals surface area contributed by atoms with E-state index in [1.54, 1.807) is 12.1 Å². The summed E-state index contributed by atoms with van der Waals surface area (Å²) in [7, 11) is 0. The van der Waals surface area contributed by atoms with E-state index in [1.165, 1.54) is 6.07 Å². The van der Waals surface area contributed by atoms with E-state index in [0.29, 0.717) is 30.1 Å². The zero-order valence-electron chi connectivity index (χ0n) is 13.3. The zero-order valence-corrected chi connectivity index (χ0v) is 13.3. The molecule has 0 saturated carbocycles. The molecule has 0 saturated heterocycles. The molecular weight excluding hydrogens is 304 g/mol. The topological polar surface area (TPSA) is 74.9 Å². The fourth-order valence-corrected chi connectivity index (χ4v) is 2.57. The minimum atomic E-state index is 0.00883. The number of hydrogen-bond donors (Lipinski definition) is 2. The first-order valence-corrected chi connectivity index (χ1v) is 7.73. The smallest absolute Gasteiger partial charge is 0.128 e. The van der Waals surface area contributed by atoms with Gasteiger partial charge in [0.15, 0.2) is 0 Å². The molecule has 0 bridgehead atoms. The first-order chi connectivity index (χ1) is 11.7. The van der Waals surface area contributed by atoms with Gasteiger partial charge in [-0.2, -0.15) is 0 Å². The van der Waals surface area contributed by atoms with Crippen LogP contribution in [0.4, 0.5) is 0 Å². The Hall–Kier alpha value is -3.08. The number of fused-ring (bicyclic) bond motifs is 1. The SMILES string of the molecule is CCOc1ccc(C(Cc2ccc3ccccc3n2)=NO)c(O)c1. The van der Waals surface area contributed by atoms with Gasteiger partial charge >= 0.3 is 0 Å². The van der Waals surface area contributed by atoms with Gasteiger partial charge in [-0.05, 0) is 31.2 Å². The molecule has 0 aliphatic carbocycles. The van der Waals surface area contributed by atoms with Crippen molar-refractivity contribution in [3.63, 3.8) is 0 Å². The molecular formula is C19H18N2O3. The number of aromatic hydroxyl groups is 1. The van der Waals surface area contributed by atoms with Crippen LogP contribution in [0, 0.1) is 0 Å². The second-order valence-corrected chi connectivity index (χ2v) is 5.33. The highest BCUT2D eigenvalue weighted by Crippen LogP contribution is 2.25. The molecule has 0 aliphatic heterocycles. The molecule has 0 spiro atoms. The predicted octanol–water partition coefficient (Wildman–Crippen LogP) is 3.76. The highest BCUT2D eigenvalue weighted by Gasteiger charge is 2.13. The van der Waals surface area contributed by atoms with Crippen LogP contribution in [-0.2, 0) is 6.42 Å². The van der Waals surface area contributed by atoms with E-state index in [2.05, 4.69) is 10.1 Å². The predicted molar refractivity (Wildman–Crippen MR) is 93.0 cm³/mol. The maximum atomic E-state index is 10.2. The van der Waals surface area contributed by atoms with Crippen LogP contribution in [0.2, 0.25) is 0 Å². The molecule has 0 amide bonds. The number of phenols is 1. The minimum absolute atomic E-state index is 0.00883. The summed E-state index contributed by atoms with van der Waals surface area (Å²) in [5.41, 5.74) is 2.44. The molecule has 1 heterocycles. The number of oxime groups is 1. The molecule has 0 fully saturated rings. The lowest BCUT2D eigenvalue weighted by atomic mass is 10.0. The Labute approximate surface area is 139 Å². The molecule has 0 aliphatic rings. The first-order valence-electron chi connectivity index (χ1n) is 7.73. The maximum absolute atomic E-state index is 10.2. The summed E-state index contributed by atoms with van der Waals surface area (Å²) in [4.78, 5) is 4.57. The fourth-order valence-electron chi connectivity index (χ4n) is 2.57. The van der Waals surface area contributed by atoms with Crippen molar-refractivity contribution in [2.45, 2.75) is 13.3 Å². The molecule has 5 nitrogen and oxygen atoms in total. The molecule has 2 aromatic carbocycles. The van der Waals surface area contributed by atoms with Crippen LogP contribution in [0.1, 0.15) is 18.2 Å². The molecule has 1 aromatic heterocycles. The number of aromatic nitrogens is 1. The Kier molecular flexibility index (Phi) is 4.61. The third-order valence-electron chi connectivity index (χ3n) is 3.72. The Balaban J connectivity index is 1.88. The Morgan fingerprint density at radius 3 is 2.71 bits per heavy atom. The Morgan fingerprint density at radius 2 is 1.96 bits per heavy atom. The summed E-state index contributed by atoms with van der Waals surface area (Å²) in [5, 5.41) is 23.9. The number of pyridine rings is 1. The highest BCUT2D eigenvalue weighted by molar-refractivity contribution is 6.03. The third kappa shape index (κ3) is 3.30. The van der Waals surface area contributed by atoms with E-state index in [9.17, 15) is 10.3 Å². The molecule has 122 valence electrons. The lowest BCUT2D eigenvalue weighted by Gasteiger charge is -2.10. The van der Waals surface area contributed by atoms with Gasteiger partial charge < -0.3 is 15.1 Å². The maximum Gasteiger partial charge on any atom is 0.128 e. The molecule has 3 rings (SSSR count). The summed E-state index contributed by atoms with van der Waals surface area (Å²) >= 11 is 0. The van der Waals surface area contributed by atoms with Gasteiger partial charge in [-0.3, -0.25) is 4.98 Å². The van der Waals surface area contributed by atoms with Crippen LogP contribution in [0.3, 0.4) is 0 Å². The van der Waals surface area contributed by atoms with E-state index in [0.717, 1.165) is 16.6 Å². The second-order valence-electron chi connectivity index (χ2n) is 5.33. The average Bonchev–Trinajstić information content (AvgIpc) is 2.60. The molecule has 0 radical (unpaired) electrons. The largest absolute Gasteiger partial charge is 0.507 e. The molecule has 3 aromatic rings. The Morgan fingerprint density at radius 1 is 1.12 bits per heavy atom. The normalized spacial score (nSPS) is 11.6. The van der Waals surface area contributed by atoms with Gasteiger partial charge in [-0.25, -0.2) is 0 Å². The third-order valence-corrected chi connectivity index (χ3v) is 3.72. The average molecular weight is 322 g/mol. The van der Waals surface area contributed by atoms with Crippen molar-refractivity contribution in [2.75, 3.05) is 6.61 Å². The van der Waals surface area contributed by atoms with Crippen LogP contribution in [0.15, 0.2) is 59.8 Å². The lowest BCUT2D eigenvalue weighted by molar-refractivity contribution is 0.318. The standard InChI is InChI=1S/C19H18N2O3/c1-2-24-15-9-10-16(19(22)12-15)18(21-23)11-14-8-7-13-5-3-4-6-17(13)20-14/h3-10,12,22-23H,2,11H2,1H3. The number of hydrogen-bond acceptors (Lipinski definition) is 5. The fraction of sp³-hybridized carbons (Fsp3) is 0.158. The molecule has 0 atom stereocenters. The minimum Gasteiger partial charge on any atom is -0.507 e. The number of para-hydroxylation sites is 1. The van der Waals surface area contributed by atoms with Crippen molar-refractivity contribution in [1.82, 2.24) is 4.98 Å². The molecule has 0 unspecified atom stereocenters. The summed E-state index contributed by atoms with van der Waals surface area (Å²) in [6, 6.07) is 16.6. The summed E-state index contributed by atoms with van der Waals surface area (Å²) < 4.78 is 5.35. The molecule has 2 N–H and O–H groups in total. The first kappa shape index (κ1) is 15.8. The number of benzene rings is 2. The van der Waals surface area contributed by atoms with Crippen LogP contribution >= 0.6 is 0 Å².